The van der Waals surface area contributed by atoms with E-state index >= 15 is 0 Å². The van der Waals surface area contributed by atoms with Crippen LogP contribution in [0.2, 0.25) is 9.63 Å². The molecular formula is C6H8O4Se. The van der Waals surface area contributed by atoms with Gasteiger partial charge in [0.2, 0.25) is 0 Å². The van der Waals surface area contributed by atoms with Crippen molar-refractivity contribution in [2.75, 3.05) is 0 Å². The van der Waals surface area contributed by atoms with E-state index in [0.29, 0.717) is 12.8 Å². The van der Waals surface area contributed by atoms with Crippen molar-refractivity contribution >= 4 is 26.9 Å². The van der Waals surface area contributed by atoms with Gasteiger partial charge < -0.3 is 0 Å². The molecule has 1 aliphatic heterocycles. The molecule has 0 saturated carbocycles. The van der Waals surface area contributed by atoms with Crippen LogP contribution in [0, 0.1) is 0 Å². The number of carbonyl (C=O) groups is 2. The summed E-state index contributed by atoms with van der Waals surface area (Å²) in [5.41, 5.74) is 0. The molecule has 5 heteroatoms. The van der Waals surface area contributed by atoms with Crippen molar-refractivity contribution < 1.29 is 19.8 Å². The molecule has 62 valence electrons. The molecule has 0 aromatic heterocycles. The average molecular weight is 223 g/mol. The Bertz CT molecular complexity index is 171. The Morgan fingerprint density at radius 3 is 1.64 bits per heavy atom. The van der Waals surface area contributed by atoms with Crippen molar-refractivity contribution in [1.29, 1.82) is 0 Å². The zero-order chi connectivity index (χ0) is 8.43. The van der Waals surface area contributed by atoms with E-state index in [9.17, 15) is 9.59 Å². The SMILES string of the molecule is O=C(O)[C@@H]1CC[C@@H](C(=O)O)[Se]1. The molecule has 1 saturated heterocycles. The fraction of sp³-hybridized carbons (Fsp3) is 0.667. The molecule has 2 N–H and O–H groups in total. The molecule has 0 aromatic carbocycles. The third-order valence-electron chi connectivity index (χ3n) is 1.57. The maximum absolute atomic E-state index is 10.4. The quantitative estimate of drug-likeness (QED) is 0.657. The fourth-order valence-electron chi connectivity index (χ4n) is 1.00. The predicted octanol–water partition coefficient (Wildman–Crippen LogP) is 0.231. The summed E-state index contributed by atoms with van der Waals surface area (Å²) < 4.78 is 0. The number of rotatable bonds is 2. The summed E-state index contributed by atoms with van der Waals surface area (Å²) in [6.07, 6.45) is 1.07. The van der Waals surface area contributed by atoms with Gasteiger partial charge in [0.1, 0.15) is 0 Å². The Balaban J connectivity index is 2.47. The van der Waals surface area contributed by atoms with Gasteiger partial charge in [0, 0.05) is 0 Å². The van der Waals surface area contributed by atoms with Gasteiger partial charge >= 0.3 is 69.2 Å². The zero-order valence-electron chi connectivity index (χ0n) is 5.69. The van der Waals surface area contributed by atoms with Gasteiger partial charge in [-0.2, -0.15) is 0 Å². The van der Waals surface area contributed by atoms with Gasteiger partial charge in [0.15, 0.2) is 0 Å². The Kier molecular flexibility index (Phi) is 2.52. The van der Waals surface area contributed by atoms with Crippen LogP contribution in [0.3, 0.4) is 0 Å². The van der Waals surface area contributed by atoms with E-state index in [0.717, 1.165) is 0 Å². The molecular weight excluding hydrogens is 215 g/mol. The van der Waals surface area contributed by atoms with Crippen LogP contribution in [0.15, 0.2) is 0 Å². The predicted molar refractivity (Wildman–Crippen MR) is 37.8 cm³/mol. The molecule has 1 aliphatic rings. The summed E-state index contributed by atoms with van der Waals surface area (Å²) in [7, 11) is 0. The van der Waals surface area contributed by atoms with E-state index in [1.54, 1.807) is 0 Å². The van der Waals surface area contributed by atoms with Crippen LogP contribution in [0.1, 0.15) is 12.8 Å². The first kappa shape index (κ1) is 8.56. The van der Waals surface area contributed by atoms with Crippen LogP contribution in [0.25, 0.3) is 0 Å². The summed E-state index contributed by atoms with van der Waals surface area (Å²) in [4.78, 5) is 20.0. The third kappa shape index (κ3) is 1.94. The minimum atomic E-state index is -0.839. The number of aliphatic carboxylic acids is 2. The summed E-state index contributed by atoms with van der Waals surface area (Å²) in [5, 5.41) is 17.1. The van der Waals surface area contributed by atoms with Gasteiger partial charge in [0.25, 0.3) is 0 Å². The molecule has 1 heterocycles. The second-order valence-corrected chi connectivity index (χ2v) is 5.33. The van der Waals surface area contributed by atoms with Crippen molar-refractivity contribution in [2.45, 2.75) is 22.5 Å². The Hall–Kier alpha value is -0.541. The van der Waals surface area contributed by atoms with Gasteiger partial charge in [-0.05, 0) is 0 Å². The topological polar surface area (TPSA) is 74.6 Å². The van der Waals surface area contributed by atoms with E-state index < -0.39 is 11.9 Å². The first-order chi connectivity index (χ1) is 5.11. The molecule has 0 aliphatic carbocycles. The standard InChI is InChI=1S/C6H8O4Se/c7-5(8)3-1-2-4(11-3)6(9)10/h3-4H,1-2H2,(H,7,8)(H,9,10)/t3-,4-/m0/s1. The summed E-state index contributed by atoms with van der Waals surface area (Å²) in [5.74, 6) is -1.68. The molecule has 2 atom stereocenters. The van der Waals surface area contributed by atoms with E-state index in [2.05, 4.69) is 0 Å². The minimum absolute atomic E-state index is 0.252. The summed E-state index contributed by atoms with van der Waals surface area (Å²) in [6.45, 7) is 0. The van der Waals surface area contributed by atoms with E-state index in [-0.39, 0.29) is 24.6 Å². The van der Waals surface area contributed by atoms with Gasteiger partial charge in [0.05, 0.1) is 0 Å². The van der Waals surface area contributed by atoms with Crippen molar-refractivity contribution in [3.8, 4) is 0 Å². The maximum atomic E-state index is 10.4. The van der Waals surface area contributed by atoms with Crippen LogP contribution < -0.4 is 0 Å². The van der Waals surface area contributed by atoms with Gasteiger partial charge in [-0.3, -0.25) is 0 Å². The van der Waals surface area contributed by atoms with Crippen molar-refractivity contribution in [3.05, 3.63) is 0 Å². The molecule has 0 spiro atoms. The average Bonchev–Trinajstić information content (AvgIpc) is 2.33. The Labute approximate surface area is 69.8 Å². The van der Waals surface area contributed by atoms with E-state index in [4.69, 9.17) is 10.2 Å². The third-order valence-corrected chi connectivity index (χ3v) is 4.78. The van der Waals surface area contributed by atoms with Crippen molar-refractivity contribution in [2.24, 2.45) is 0 Å². The summed E-state index contributed by atoms with van der Waals surface area (Å²) in [6, 6.07) is 0. The van der Waals surface area contributed by atoms with Gasteiger partial charge in [-0.25, -0.2) is 0 Å². The Morgan fingerprint density at radius 1 is 1.09 bits per heavy atom. The van der Waals surface area contributed by atoms with Crippen molar-refractivity contribution in [1.82, 2.24) is 0 Å². The van der Waals surface area contributed by atoms with Crippen LogP contribution in [-0.4, -0.2) is 37.1 Å². The van der Waals surface area contributed by atoms with Crippen LogP contribution in [-0.2, 0) is 9.59 Å². The molecule has 11 heavy (non-hydrogen) atoms. The van der Waals surface area contributed by atoms with Crippen LogP contribution in [0.4, 0.5) is 0 Å². The molecule has 1 rings (SSSR count). The van der Waals surface area contributed by atoms with Crippen LogP contribution in [0.5, 0.6) is 0 Å². The Morgan fingerprint density at radius 2 is 1.45 bits per heavy atom. The molecule has 1 fully saturated rings. The monoisotopic (exact) mass is 224 g/mol. The zero-order valence-corrected chi connectivity index (χ0v) is 7.40. The number of carboxylic acid groups (broad SMARTS) is 2. The molecule has 0 amide bonds. The molecule has 0 aromatic rings. The molecule has 0 radical (unpaired) electrons. The van der Waals surface area contributed by atoms with Crippen LogP contribution >= 0.6 is 0 Å². The summed E-state index contributed by atoms with van der Waals surface area (Å²) >= 11 is -0.252. The molecule has 4 nitrogen and oxygen atoms in total. The van der Waals surface area contributed by atoms with Gasteiger partial charge in [-0.15, -0.1) is 0 Å². The number of hydrogen-bond acceptors (Lipinski definition) is 2. The number of hydrogen-bond donors (Lipinski definition) is 2. The molecule has 0 bridgehead atoms. The van der Waals surface area contributed by atoms with Crippen molar-refractivity contribution in [3.63, 3.8) is 0 Å². The van der Waals surface area contributed by atoms with E-state index in [1.165, 1.54) is 0 Å². The fourth-order valence-corrected chi connectivity index (χ4v) is 3.46. The second kappa shape index (κ2) is 3.24. The molecule has 0 unspecified atom stereocenters. The first-order valence-corrected chi connectivity index (χ1v) is 5.20. The number of carboxylic acids is 2. The first-order valence-electron chi connectivity index (χ1n) is 3.22. The van der Waals surface area contributed by atoms with E-state index in [1.807, 2.05) is 0 Å². The second-order valence-electron chi connectivity index (χ2n) is 2.37. The van der Waals surface area contributed by atoms with Gasteiger partial charge in [-0.1, -0.05) is 0 Å². The normalized spacial score (nSPS) is 30.2.